The molecule has 0 saturated heterocycles. The fourth-order valence-electron chi connectivity index (χ4n) is 1.20. The van der Waals surface area contributed by atoms with E-state index in [2.05, 4.69) is 51.1 Å². The van der Waals surface area contributed by atoms with E-state index in [1.54, 1.807) is 0 Å². The van der Waals surface area contributed by atoms with Crippen molar-refractivity contribution in [1.82, 2.24) is 10.0 Å². The summed E-state index contributed by atoms with van der Waals surface area (Å²) in [7, 11) is 4.14. The van der Waals surface area contributed by atoms with E-state index >= 15 is 0 Å². The smallest absolute Gasteiger partial charge is 0.0311 e. The van der Waals surface area contributed by atoms with Crippen molar-refractivity contribution in [2.75, 3.05) is 20.6 Å². The van der Waals surface area contributed by atoms with Crippen LogP contribution in [-0.2, 0) is 0 Å². The summed E-state index contributed by atoms with van der Waals surface area (Å²) in [5.41, 5.74) is 1.45. The highest BCUT2D eigenvalue weighted by atomic mass is 15.6. The number of hydrogen-bond donors (Lipinski definition) is 0. The van der Waals surface area contributed by atoms with E-state index in [1.807, 2.05) is 0 Å². The Kier molecular flexibility index (Phi) is 5.81. The zero-order valence-corrected chi connectivity index (χ0v) is 9.09. The third-order valence-corrected chi connectivity index (χ3v) is 1.85. The molecular formula is C10H22N2. The van der Waals surface area contributed by atoms with Crippen LogP contribution in [0.3, 0.4) is 0 Å². The molecule has 0 heterocycles. The van der Waals surface area contributed by atoms with Crippen LogP contribution < -0.4 is 0 Å². The van der Waals surface area contributed by atoms with Crippen LogP contribution in [0.4, 0.5) is 0 Å². The van der Waals surface area contributed by atoms with Gasteiger partial charge in [-0.25, -0.2) is 5.01 Å². The van der Waals surface area contributed by atoms with Crippen molar-refractivity contribution in [1.29, 1.82) is 0 Å². The molecule has 0 aromatic rings. The van der Waals surface area contributed by atoms with Gasteiger partial charge in [-0.15, -0.1) is 0 Å². The summed E-state index contributed by atoms with van der Waals surface area (Å²) in [6.07, 6.45) is 4.65. The van der Waals surface area contributed by atoms with Gasteiger partial charge in [0.05, 0.1) is 0 Å². The molecule has 72 valence electrons. The maximum absolute atomic E-state index is 2.23. The predicted octanol–water partition coefficient (Wildman–Crippen LogP) is 2.49. The van der Waals surface area contributed by atoms with Gasteiger partial charge < -0.3 is 5.01 Å². The van der Waals surface area contributed by atoms with E-state index in [0.717, 1.165) is 6.54 Å². The molecule has 0 aliphatic heterocycles. The highest BCUT2D eigenvalue weighted by molar-refractivity contribution is 4.96. The van der Waals surface area contributed by atoms with Crippen molar-refractivity contribution >= 4 is 0 Å². The number of allylic oxidation sites excluding steroid dienone is 1. The van der Waals surface area contributed by atoms with E-state index in [4.69, 9.17) is 0 Å². The first kappa shape index (κ1) is 11.5. The Labute approximate surface area is 76.8 Å². The van der Waals surface area contributed by atoms with Gasteiger partial charge in [0, 0.05) is 26.8 Å². The van der Waals surface area contributed by atoms with Crippen molar-refractivity contribution in [2.24, 2.45) is 0 Å². The van der Waals surface area contributed by atoms with Crippen molar-refractivity contribution in [3.8, 4) is 0 Å². The van der Waals surface area contributed by atoms with E-state index < -0.39 is 0 Å². The molecule has 2 heteroatoms. The van der Waals surface area contributed by atoms with Gasteiger partial charge in [0.2, 0.25) is 0 Å². The monoisotopic (exact) mass is 170 g/mol. The van der Waals surface area contributed by atoms with Crippen LogP contribution in [0.1, 0.15) is 33.6 Å². The largest absolute Gasteiger partial charge is 0.314 e. The molecule has 0 aromatic carbocycles. The van der Waals surface area contributed by atoms with Gasteiger partial charge in [0.25, 0.3) is 0 Å². The van der Waals surface area contributed by atoms with Gasteiger partial charge in [-0.3, -0.25) is 0 Å². The molecule has 0 saturated carbocycles. The molecule has 0 unspecified atom stereocenters. The van der Waals surface area contributed by atoms with Crippen LogP contribution >= 0.6 is 0 Å². The Morgan fingerprint density at radius 2 is 1.83 bits per heavy atom. The van der Waals surface area contributed by atoms with Crippen LogP contribution in [0.5, 0.6) is 0 Å². The number of hydrogen-bond acceptors (Lipinski definition) is 2. The Hall–Kier alpha value is -0.500. The Morgan fingerprint density at radius 3 is 2.17 bits per heavy atom. The minimum absolute atomic E-state index is 1.04. The van der Waals surface area contributed by atoms with Crippen molar-refractivity contribution in [2.45, 2.75) is 33.6 Å². The van der Waals surface area contributed by atoms with Crippen LogP contribution in [-0.4, -0.2) is 30.7 Å². The van der Waals surface area contributed by atoms with Crippen LogP contribution in [0, 0.1) is 0 Å². The zero-order valence-electron chi connectivity index (χ0n) is 9.09. The highest BCUT2D eigenvalue weighted by Gasteiger charge is 1.98. The molecule has 12 heavy (non-hydrogen) atoms. The van der Waals surface area contributed by atoms with Crippen LogP contribution in [0.2, 0.25) is 0 Å². The molecule has 0 fully saturated rings. The molecule has 0 aliphatic carbocycles. The number of hydrazine groups is 1. The van der Waals surface area contributed by atoms with Crippen LogP contribution in [0.25, 0.3) is 0 Å². The van der Waals surface area contributed by atoms with Gasteiger partial charge in [0.1, 0.15) is 0 Å². The van der Waals surface area contributed by atoms with E-state index in [1.165, 1.54) is 18.4 Å². The summed E-state index contributed by atoms with van der Waals surface area (Å²) < 4.78 is 0. The van der Waals surface area contributed by atoms with E-state index in [0.29, 0.717) is 0 Å². The molecule has 0 atom stereocenters. The molecule has 0 bridgehead atoms. The number of nitrogens with zero attached hydrogens (tertiary/aromatic N) is 2. The molecule has 0 N–H and O–H groups in total. The minimum Gasteiger partial charge on any atom is -0.314 e. The van der Waals surface area contributed by atoms with E-state index in [9.17, 15) is 0 Å². The molecule has 0 aromatic heterocycles. The third-order valence-electron chi connectivity index (χ3n) is 1.85. The first-order valence-electron chi connectivity index (χ1n) is 4.73. The van der Waals surface area contributed by atoms with Gasteiger partial charge >= 0.3 is 0 Å². The van der Waals surface area contributed by atoms with Crippen molar-refractivity contribution < 1.29 is 0 Å². The van der Waals surface area contributed by atoms with E-state index in [-0.39, 0.29) is 0 Å². The average Bonchev–Trinajstić information content (AvgIpc) is 2.00. The molecule has 0 aliphatic rings. The summed E-state index contributed by atoms with van der Waals surface area (Å²) in [5.74, 6) is 0. The Bertz CT molecular complexity index is 139. The Balaban J connectivity index is 4.05. The average molecular weight is 170 g/mol. The first-order valence-corrected chi connectivity index (χ1v) is 4.73. The second-order valence-corrected chi connectivity index (χ2v) is 3.33. The summed E-state index contributed by atoms with van der Waals surface area (Å²) in [4.78, 5) is 0. The van der Waals surface area contributed by atoms with Gasteiger partial charge in [0.15, 0.2) is 0 Å². The minimum atomic E-state index is 1.04. The summed E-state index contributed by atoms with van der Waals surface area (Å²) in [5, 5.41) is 4.32. The summed E-state index contributed by atoms with van der Waals surface area (Å²) in [6.45, 7) is 7.60. The lowest BCUT2D eigenvalue weighted by atomic mass is 10.2. The fourth-order valence-corrected chi connectivity index (χ4v) is 1.20. The standard InChI is InChI=1S/C10H22N2/c1-6-8-10(3)9-12(7-2)11(4)5/h9H,6-8H2,1-5H3/b10-9-. The van der Waals surface area contributed by atoms with Gasteiger partial charge in [-0.05, 0) is 20.3 Å². The third kappa shape index (κ3) is 4.39. The van der Waals surface area contributed by atoms with Crippen molar-refractivity contribution in [3.05, 3.63) is 11.8 Å². The molecule has 0 amide bonds. The highest BCUT2D eigenvalue weighted by Crippen LogP contribution is 2.05. The zero-order chi connectivity index (χ0) is 9.56. The lowest BCUT2D eigenvalue weighted by Gasteiger charge is -2.26. The SMILES string of the molecule is CCC/C(C)=C\N(CC)N(C)C. The Morgan fingerprint density at radius 1 is 1.25 bits per heavy atom. The van der Waals surface area contributed by atoms with Crippen LogP contribution in [0.15, 0.2) is 11.8 Å². The lowest BCUT2D eigenvalue weighted by molar-refractivity contribution is 0.0879. The quantitative estimate of drug-likeness (QED) is 0.585. The second-order valence-electron chi connectivity index (χ2n) is 3.33. The topological polar surface area (TPSA) is 6.48 Å². The molecule has 2 nitrogen and oxygen atoms in total. The number of rotatable bonds is 5. The lowest BCUT2D eigenvalue weighted by Crippen LogP contribution is -2.32. The molecule has 0 radical (unpaired) electrons. The fraction of sp³-hybridized carbons (Fsp3) is 0.800. The maximum atomic E-state index is 2.23. The molecule has 0 spiro atoms. The molecular weight excluding hydrogens is 148 g/mol. The normalized spacial score (nSPS) is 12.3. The summed E-state index contributed by atoms with van der Waals surface area (Å²) >= 11 is 0. The molecule has 0 rings (SSSR count). The second kappa shape index (κ2) is 6.06. The van der Waals surface area contributed by atoms with Crippen molar-refractivity contribution in [3.63, 3.8) is 0 Å². The maximum Gasteiger partial charge on any atom is 0.0311 e. The van der Waals surface area contributed by atoms with Gasteiger partial charge in [-0.2, -0.15) is 0 Å². The van der Waals surface area contributed by atoms with Gasteiger partial charge in [-0.1, -0.05) is 18.9 Å². The first-order chi connectivity index (χ1) is 5.61. The summed E-state index contributed by atoms with van der Waals surface area (Å²) in [6, 6.07) is 0. The predicted molar refractivity (Wildman–Crippen MR) is 54.7 cm³/mol.